The van der Waals surface area contributed by atoms with E-state index in [4.69, 9.17) is 4.74 Å². The van der Waals surface area contributed by atoms with Gasteiger partial charge in [-0.15, -0.1) is 0 Å². The quantitative estimate of drug-likeness (QED) is 0.286. The summed E-state index contributed by atoms with van der Waals surface area (Å²) in [7, 11) is 1.56. The van der Waals surface area contributed by atoms with E-state index in [1.807, 2.05) is 27.7 Å². The van der Waals surface area contributed by atoms with Crippen LogP contribution in [0.4, 0.5) is 0 Å². The molecule has 4 atom stereocenters. The van der Waals surface area contributed by atoms with Crippen LogP contribution in [0.1, 0.15) is 83.3 Å². The molecule has 2 bridgehead atoms. The molecular formula is C39H50N6O6. The predicted octanol–water partition coefficient (Wildman–Crippen LogP) is 3.64. The van der Waals surface area contributed by atoms with E-state index in [-0.39, 0.29) is 24.2 Å². The van der Waals surface area contributed by atoms with Crippen LogP contribution >= 0.6 is 0 Å². The fourth-order valence-electron chi connectivity index (χ4n) is 5.94. The number of nitrogens with zero attached hydrogens (tertiary/aromatic N) is 2. The van der Waals surface area contributed by atoms with E-state index in [0.29, 0.717) is 55.8 Å². The number of aromatic nitrogens is 1. The number of aryl methyl sites for hydroxylation is 2. The van der Waals surface area contributed by atoms with Crippen LogP contribution in [-0.4, -0.2) is 77.7 Å². The number of pyridine rings is 1. The maximum absolute atomic E-state index is 13.8. The van der Waals surface area contributed by atoms with Gasteiger partial charge in [0.05, 0.1) is 7.11 Å². The average molecular weight is 699 g/mol. The Morgan fingerprint density at radius 1 is 0.902 bits per heavy atom. The molecule has 4 N–H and O–H groups in total. The lowest BCUT2D eigenvalue weighted by Crippen LogP contribution is -2.58. The molecule has 3 heterocycles. The fraction of sp³-hybridized carbons (Fsp3) is 0.436. The molecule has 2 aromatic carbocycles. The maximum Gasteiger partial charge on any atom is 0.254 e. The summed E-state index contributed by atoms with van der Waals surface area (Å²) in [6.45, 7) is 10.1. The molecule has 1 aromatic heterocycles. The maximum atomic E-state index is 13.8. The van der Waals surface area contributed by atoms with Crippen molar-refractivity contribution in [1.82, 2.24) is 31.2 Å². The third kappa shape index (κ3) is 10.9. The van der Waals surface area contributed by atoms with Crippen LogP contribution in [0, 0.1) is 19.8 Å². The summed E-state index contributed by atoms with van der Waals surface area (Å²) in [4.78, 5) is 73.9. The highest BCUT2D eigenvalue weighted by atomic mass is 16.5. The summed E-state index contributed by atoms with van der Waals surface area (Å²) >= 11 is 0. The second-order valence-electron chi connectivity index (χ2n) is 13.2. The van der Waals surface area contributed by atoms with Crippen LogP contribution in [0.2, 0.25) is 0 Å². The van der Waals surface area contributed by atoms with Crippen LogP contribution in [0.3, 0.4) is 0 Å². The lowest BCUT2D eigenvalue weighted by molar-refractivity contribution is -0.132. The topological polar surface area (TPSA) is 159 Å². The minimum Gasteiger partial charge on any atom is -0.497 e. The van der Waals surface area contributed by atoms with Crippen molar-refractivity contribution in [2.24, 2.45) is 5.92 Å². The Balaban J connectivity index is 1.62. The van der Waals surface area contributed by atoms with E-state index in [1.165, 1.54) is 0 Å². The zero-order valence-corrected chi connectivity index (χ0v) is 30.4. The van der Waals surface area contributed by atoms with Crippen LogP contribution in [0.25, 0.3) is 0 Å². The van der Waals surface area contributed by atoms with E-state index >= 15 is 0 Å². The first kappa shape index (κ1) is 38.5. The molecule has 51 heavy (non-hydrogen) atoms. The standard InChI is InChI=1S/C39H50N6O6/c1-7-24(2)34-38(49)43-33(22-28-12-16-32(51-6)17-13-28)37(48)42-27(5)35(46)40-18-8-9-19-45(39(50)31-20-25(3)41-26(4)21-31)23-29-10-14-30(15-11-29)36(47)44-34/h10-17,20-21,24,27,33-34H,7-9,18-19,22-23H2,1-6H3,(H,40,46)(H,42,48)(H,43,49)(H,44,47)/t24-,27+,33-,34?/m0/s1. The first-order chi connectivity index (χ1) is 24.4. The number of rotatable bonds is 6. The summed E-state index contributed by atoms with van der Waals surface area (Å²) < 4.78 is 5.25. The SMILES string of the molecule is CC[C@H](C)C1NC(=O)c2ccc(cc2)CN(C(=O)c2cc(C)nc(C)c2)CCCCNC(=O)[C@@H](C)NC(=O)[C@H](Cc2ccc(OC)cc2)NC1=O. The van der Waals surface area contributed by atoms with Gasteiger partial charge in [0.2, 0.25) is 17.7 Å². The summed E-state index contributed by atoms with van der Waals surface area (Å²) in [6, 6.07) is 14.8. The van der Waals surface area contributed by atoms with Crippen molar-refractivity contribution in [2.75, 3.05) is 20.2 Å². The van der Waals surface area contributed by atoms with Crippen molar-refractivity contribution in [2.45, 2.75) is 85.0 Å². The number of ether oxygens (including phenoxy) is 1. The molecule has 5 rings (SSSR count). The van der Waals surface area contributed by atoms with Gasteiger partial charge in [0, 0.05) is 48.6 Å². The van der Waals surface area contributed by atoms with Crippen LogP contribution in [0.15, 0.2) is 60.7 Å². The van der Waals surface area contributed by atoms with Gasteiger partial charge in [-0.3, -0.25) is 29.0 Å². The lowest BCUT2D eigenvalue weighted by Gasteiger charge is -2.27. The largest absolute Gasteiger partial charge is 0.497 e. The molecule has 12 nitrogen and oxygen atoms in total. The molecule has 5 amide bonds. The third-order valence-corrected chi connectivity index (χ3v) is 9.13. The Bertz CT molecular complexity index is 1670. The molecule has 1 unspecified atom stereocenters. The number of hydrogen-bond donors (Lipinski definition) is 4. The normalized spacial score (nSPS) is 20.3. The molecule has 0 radical (unpaired) electrons. The van der Waals surface area contributed by atoms with E-state index < -0.39 is 35.8 Å². The Labute approximate surface area is 300 Å². The van der Waals surface area contributed by atoms with Gasteiger partial charge in [0.1, 0.15) is 23.9 Å². The zero-order chi connectivity index (χ0) is 37.1. The van der Waals surface area contributed by atoms with Crippen LogP contribution < -0.4 is 26.0 Å². The fourth-order valence-corrected chi connectivity index (χ4v) is 5.94. The second kappa shape index (κ2) is 18.1. The molecule has 3 aromatic rings. The minimum absolute atomic E-state index is 0.143. The minimum atomic E-state index is -1.03. The predicted molar refractivity (Wildman–Crippen MR) is 194 cm³/mol. The number of nitrogens with one attached hydrogen (secondary N) is 4. The smallest absolute Gasteiger partial charge is 0.254 e. The monoisotopic (exact) mass is 698 g/mol. The average Bonchev–Trinajstić information content (AvgIpc) is 3.11. The number of fused-ring (bicyclic) bond motifs is 18. The van der Waals surface area contributed by atoms with E-state index in [2.05, 4.69) is 26.3 Å². The van der Waals surface area contributed by atoms with Gasteiger partial charge in [-0.1, -0.05) is 44.5 Å². The molecule has 12 heteroatoms. The van der Waals surface area contributed by atoms with Crippen LogP contribution in [0.5, 0.6) is 5.75 Å². The molecular weight excluding hydrogens is 648 g/mol. The van der Waals surface area contributed by atoms with Crippen molar-refractivity contribution in [3.8, 4) is 5.75 Å². The van der Waals surface area contributed by atoms with Crippen LogP contribution in [-0.2, 0) is 27.3 Å². The number of benzene rings is 2. The van der Waals surface area contributed by atoms with E-state index in [1.54, 1.807) is 79.6 Å². The molecule has 0 fully saturated rings. The van der Waals surface area contributed by atoms with Crippen molar-refractivity contribution < 1.29 is 28.7 Å². The highest BCUT2D eigenvalue weighted by Crippen LogP contribution is 2.17. The van der Waals surface area contributed by atoms with Crippen molar-refractivity contribution in [3.63, 3.8) is 0 Å². The summed E-state index contributed by atoms with van der Waals surface area (Å²) in [5.74, 6) is -1.61. The third-order valence-electron chi connectivity index (χ3n) is 9.13. The van der Waals surface area contributed by atoms with Crippen molar-refractivity contribution in [3.05, 3.63) is 94.3 Å². The molecule has 2 aliphatic rings. The highest BCUT2D eigenvalue weighted by molar-refractivity contribution is 5.99. The lowest BCUT2D eigenvalue weighted by atomic mass is 9.96. The summed E-state index contributed by atoms with van der Waals surface area (Å²) in [6.07, 6.45) is 1.94. The molecule has 0 saturated heterocycles. The molecule has 0 spiro atoms. The Hall–Kier alpha value is -5.26. The van der Waals surface area contributed by atoms with Gasteiger partial charge in [-0.2, -0.15) is 0 Å². The number of methoxy groups -OCH3 is 1. The van der Waals surface area contributed by atoms with Gasteiger partial charge in [-0.05, 0) is 87.1 Å². The molecule has 272 valence electrons. The van der Waals surface area contributed by atoms with Gasteiger partial charge >= 0.3 is 0 Å². The Morgan fingerprint density at radius 2 is 1.57 bits per heavy atom. The molecule has 0 aliphatic carbocycles. The van der Waals surface area contributed by atoms with Crippen molar-refractivity contribution in [1.29, 1.82) is 0 Å². The van der Waals surface area contributed by atoms with Crippen molar-refractivity contribution >= 4 is 29.5 Å². The first-order valence-electron chi connectivity index (χ1n) is 17.5. The van der Waals surface area contributed by atoms with E-state index in [0.717, 1.165) is 22.5 Å². The highest BCUT2D eigenvalue weighted by Gasteiger charge is 2.31. The number of amides is 5. The zero-order valence-electron chi connectivity index (χ0n) is 30.4. The summed E-state index contributed by atoms with van der Waals surface area (Å²) in [5, 5.41) is 11.4. The number of carbonyl (C=O) groups excluding carboxylic acids is 5. The van der Waals surface area contributed by atoms with Gasteiger partial charge in [-0.25, -0.2) is 0 Å². The number of carbonyl (C=O) groups is 5. The molecule has 2 aliphatic heterocycles. The Kier molecular flexibility index (Phi) is 13.7. The summed E-state index contributed by atoms with van der Waals surface area (Å²) in [5.41, 5.74) is 3.99. The first-order valence-corrected chi connectivity index (χ1v) is 17.5. The van der Waals surface area contributed by atoms with Gasteiger partial charge in [0.15, 0.2) is 0 Å². The number of hydrogen-bond acceptors (Lipinski definition) is 7. The van der Waals surface area contributed by atoms with Gasteiger partial charge in [0.25, 0.3) is 11.8 Å². The Morgan fingerprint density at radius 3 is 2.20 bits per heavy atom. The second-order valence-corrected chi connectivity index (χ2v) is 13.2. The van der Waals surface area contributed by atoms with E-state index in [9.17, 15) is 24.0 Å². The molecule has 0 saturated carbocycles. The van der Waals surface area contributed by atoms with Gasteiger partial charge < -0.3 is 30.9 Å².